The van der Waals surface area contributed by atoms with Crippen LogP contribution in [0, 0.1) is 11.3 Å². The van der Waals surface area contributed by atoms with E-state index in [1.54, 1.807) is 11.3 Å². The molecule has 0 aromatic carbocycles. The topological polar surface area (TPSA) is 50.9 Å². The molecule has 17 heavy (non-hydrogen) atoms. The van der Waals surface area contributed by atoms with Gasteiger partial charge in [-0.1, -0.05) is 26.7 Å². The Hall–Kier alpha value is -0.450. The summed E-state index contributed by atoms with van der Waals surface area (Å²) in [5.41, 5.74) is 3.43. The van der Waals surface area contributed by atoms with Crippen LogP contribution in [0.25, 0.3) is 0 Å². The van der Waals surface area contributed by atoms with Crippen molar-refractivity contribution in [1.29, 1.82) is 0 Å². The van der Waals surface area contributed by atoms with Crippen molar-refractivity contribution in [2.75, 3.05) is 0 Å². The first-order valence-electron chi connectivity index (χ1n) is 6.48. The van der Waals surface area contributed by atoms with Gasteiger partial charge in [-0.3, -0.25) is 11.3 Å². The summed E-state index contributed by atoms with van der Waals surface area (Å²) in [4.78, 5) is 4.37. The summed E-state index contributed by atoms with van der Waals surface area (Å²) in [5, 5.41) is 3.23. The molecule has 1 heterocycles. The number of hydrogen-bond acceptors (Lipinski definition) is 4. The fourth-order valence-electron chi connectivity index (χ4n) is 3.13. The molecule has 1 aromatic rings. The first-order valence-corrected chi connectivity index (χ1v) is 7.36. The molecule has 3 nitrogen and oxygen atoms in total. The fraction of sp³-hybridized carbons (Fsp3) is 0.769. The summed E-state index contributed by atoms with van der Waals surface area (Å²) in [6, 6.07) is 0.358. The summed E-state index contributed by atoms with van der Waals surface area (Å²) in [5.74, 6) is 6.43. The minimum Gasteiger partial charge on any atom is -0.271 e. The van der Waals surface area contributed by atoms with E-state index in [1.807, 2.05) is 11.6 Å². The summed E-state index contributed by atoms with van der Waals surface area (Å²) >= 11 is 1.72. The van der Waals surface area contributed by atoms with Crippen LogP contribution in [-0.2, 0) is 6.42 Å². The van der Waals surface area contributed by atoms with Crippen molar-refractivity contribution in [3.05, 3.63) is 16.6 Å². The monoisotopic (exact) mass is 253 g/mol. The molecule has 4 heteroatoms. The number of thiazole rings is 1. The molecule has 0 saturated heterocycles. The van der Waals surface area contributed by atoms with Gasteiger partial charge in [-0.05, 0) is 24.2 Å². The van der Waals surface area contributed by atoms with Gasteiger partial charge >= 0.3 is 0 Å². The normalized spacial score (nSPS) is 25.7. The van der Waals surface area contributed by atoms with E-state index < -0.39 is 0 Å². The van der Waals surface area contributed by atoms with Gasteiger partial charge in [0, 0.05) is 24.0 Å². The van der Waals surface area contributed by atoms with E-state index in [0.29, 0.717) is 17.4 Å². The van der Waals surface area contributed by atoms with E-state index in [0.717, 1.165) is 6.42 Å². The summed E-state index contributed by atoms with van der Waals surface area (Å²) in [7, 11) is 0. The molecule has 1 aliphatic rings. The van der Waals surface area contributed by atoms with Crippen LogP contribution in [0.5, 0.6) is 0 Å². The third-order valence-corrected chi connectivity index (χ3v) is 4.97. The van der Waals surface area contributed by atoms with Gasteiger partial charge in [0.05, 0.1) is 5.01 Å². The van der Waals surface area contributed by atoms with Crippen molar-refractivity contribution in [3.8, 4) is 0 Å². The van der Waals surface area contributed by atoms with E-state index in [-0.39, 0.29) is 0 Å². The highest BCUT2D eigenvalue weighted by Gasteiger charge is 2.37. The number of nitrogens with one attached hydrogen (secondary N) is 1. The third-order valence-electron chi connectivity index (χ3n) is 4.17. The Bertz CT molecular complexity index is 334. The molecular formula is C13H23N3S. The highest BCUT2D eigenvalue weighted by molar-refractivity contribution is 7.09. The highest BCUT2D eigenvalue weighted by atomic mass is 32.1. The zero-order valence-corrected chi connectivity index (χ0v) is 11.6. The number of rotatable bonds is 4. The lowest BCUT2D eigenvalue weighted by Gasteiger charge is -2.42. The molecule has 1 aromatic heterocycles. The van der Waals surface area contributed by atoms with Crippen LogP contribution < -0.4 is 11.3 Å². The minimum absolute atomic E-state index is 0.358. The van der Waals surface area contributed by atoms with Crippen molar-refractivity contribution < 1.29 is 0 Å². The predicted molar refractivity (Wildman–Crippen MR) is 72.7 cm³/mol. The smallest absolute Gasteiger partial charge is 0.0940 e. The lowest BCUT2D eigenvalue weighted by atomic mass is 9.65. The molecule has 1 aliphatic carbocycles. The molecule has 2 rings (SSSR count). The summed E-state index contributed by atoms with van der Waals surface area (Å²) in [6.07, 6.45) is 8.13. The van der Waals surface area contributed by atoms with E-state index in [1.165, 1.54) is 30.7 Å². The Labute approximate surface area is 108 Å². The van der Waals surface area contributed by atoms with E-state index in [9.17, 15) is 0 Å². The van der Waals surface area contributed by atoms with Crippen molar-refractivity contribution in [2.45, 2.75) is 52.0 Å². The lowest BCUT2D eigenvalue weighted by molar-refractivity contribution is 0.0981. The second-order valence-corrected chi connectivity index (χ2v) is 6.72. The molecular weight excluding hydrogens is 230 g/mol. The molecule has 96 valence electrons. The minimum atomic E-state index is 0.358. The van der Waals surface area contributed by atoms with E-state index in [4.69, 9.17) is 5.84 Å². The first kappa shape index (κ1) is 13.0. The summed E-state index contributed by atoms with van der Waals surface area (Å²) in [6.45, 7) is 4.76. The van der Waals surface area contributed by atoms with Crippen molar-refractivity contribution >= 4 is 11.3 Å². The van der Waals surface area contributed by atoms with Gasteiger partial charge in [-0.2, -0.15) is 0 Å². The second-order valence-electron chi connectivity index (χ2n) is 5.74. The zero-order valence-electron chi connectivity index (χ0n) is 10.8. The van der Waals surface area contributed by atoms with Crippen molar-refractivity contribution in [1.82, 2.24) is 10.4 Å². The van der Waals surface area contributed by atoms with Gasteiger partial charge in [0.25, 0.3) is 0 Å². The molecule has 1 fully saturated rings. The van der Waals surface area contributed by atoms with Crippen LogP contribution in [0.4, 0.5) is 0 Å². The number of nitrogens with zero attached hydrogens (tertiary/aromatic N) is 1. The predicted octanol–water partition coefficient (Wildman–Crippen LogP) is 2.73. The van der Waals surface area contributed by atoms with Crippen molar-refractivity contribution in [2.24, 2.45) is 17.2 Å². The Morgan fingerprint density at radius 3 is 3.00 bits per heavy atom. The van der Waals surface area contributed by atoms with Crippen LogP contribution >= 0.6 is 11.3 Å². The quantitative estimate of drug-likeness (QED) is 0.641. The molecule has 2 atom stereocenters. The summed E-state index contributed by atoms with van der Waals surface area (Å²) < 4.78 is 0. The van der Waals surface area contributed by atoms with Gasteiger partial charge in [0.15, 0.2) is 0 Å². The Kier molecular flexibility index (Phi) is 4.17. The number of nitrogens with two attached hydrogens (primary N) is 1. The maximum atomic E-state index is 5.77. The number of aromatic nitrogens is 1. The Morgan fingerprint density at radius 2 is 2.41 bits per heavy atom. The second kappa shape index (κ2) is 5.46. The first-order chi connectivity index (χ1) is 8.13. The number of hydrazine groups is 1. The molecule has 1 saturated carbocycles. The molecule has 2 unspecified atom stereocenters. The van der Waals surface area contributed by atoms with Gasteiger partial charge in [-0.15, -0.1) is 11.3 Å². The maximum Gasteiger partial charge on any atom is 0.0940 e. The average molecular weight is 253 g/mol. The van der Waals surface area contributed by atoms with Gasteiger partial charge in [-0.25, -0.2) is 4.98 Å². The van der Waals surface area contributed by atoms with Gasteiger partial charge < -0.3 is 0 Å². The zero-order chi connectivity index (χ0) is 12.3. The Balaban J connectivity index is 2.06. The van der Waals surface area contributed by atoms with Gasteiger partial charge in [0.1, 0.15) is 0 Å². The fourth-order valence-corrected chi connectivity index (χ4v) is 3.80. The van der Waals surface area contributed by atoms with Crippen molar-refractivity contribution in [3.63, 3.8) is 0 Å². The average Bonchev–Trinajstić information content (AvgIpc) is 2.79. The van der Waals surface area contributed by atoms with E-state index in [2.05, 4.69) is 24.3 Å². The molecule has 0 aliphatic heterocycles. The molecule has 0 amide bonds. The Morgan fingerprint density at radius 1 is 1.59 bits per heavy atom. The molecule has 0 spiro atoms. The van der Waals surface area contributed by atoms with Crippen LogP contribution in [0.2, 0.25) is 0 Å². The van der Waals surface area contributed by atoms with Crippen LogP contribution in [0.3, 0.4) is 0 Å². The molecule has 0 bridgehead atoms. The van der Waals surface area contributed by atoms with Crippen LogP contribution in [-0.4, -0.2) is 11.0 Å². The number of hydrogen-bond donors (Lipinski definition) is 2. The van der Waals surface area contributed by atoms with Crippen LogP contribution in [0.15, 0.2) is 11.6 Å². The molecule has 0 radical (unpaired) electrons. The SMILES string of the molecule is CC1(C)CCCCC1C(Cc1nccs1)NN. The maximum absolute atomic E-state index is 5.77. The largest absolute Gasteiger partial charge is 0.271 e. The third kappa shape index (κ3) is 3.06. The van der Waals surface area contributed by atoms with E-state index >= 15 is 0 Å². The standard InChI is InChI=1S/C13H23N3S/c1-13(2)6-4-3-5-10(13)11(16-14)9-12-15-7-8-17-12/h7-8,10-11,16H,3-6,9,14H2,1-2H3. The van der Waals surface area contributed by atoms with Crippen LogP contribution in [0.1, 0.15) is 44.5 Å². The highest BCUT2D eigenvalue weighted by Crippen LogP contribution is 2.42. The molecule has 3 N–H and O–H groups in total. The lowest BCUT2D eigenvalue weighted by Crippen LogP contribution is -2.48. The van der Waals surface area contributed by atoms with Gasteiger partial charge in [0.2, 0.25) is 0 Å².